The molecule has 0 aliphatic carbocycles. The van der Waals surface area contributed by atoms with E-state index < -0.39 is 0 Å². The van der Waals surface area contributed by atoms with E-state index in [0.29, 0.717) is 11.6 Å². The minimum Gasteiger partial charge on any atom is -0.396 e. The lowest BCUT2D eigenvalue weighted by atomic mass is 10.0. The van der Waals surface area contributed by atoms with Crippen LogP contribution < -0.4 is 5.73 Å². The van der Waals surface area contributed by atoms with Gasteiger partial charge in [0.2, 0.25) is 0 Å². The zero-order valence-corrected chi connectivity index (χ0v) is 8.68. The zero-order valence-electron chi connectivity index (χ0n) is 7.11. The molecule has 1 aromatic carbocycles. The number of hydrogen-bond acceptors (Lipinski definition) is 2. The highest BCUT2D eigenvalue weighted by atomic mass is 35.5. The molecule has 3 N–H and O–H groups in total. The zero-order chi connectivity index (χ0) is 8.97. The Morgan fingerprint density at radius 1 is 1.31 bits per heavy atom. The standard InChI is InChI=1S/C9H12ClNO.ClH/c10-9-3-1-7(2-4-9)8(5-11)6-12;/h1-4,8,12H,5-6,11H2;1H/t8-;/m0./s1. The number of aliphatic hydroxyl groups is 1. The quantitative estimate of drug-likeness (QED) is 0.818. The fourth-order valence-electron chi connectivity index (χ4n) is 1.05. The average molecular weight is 222 g/mol. The van der Waals surface area contributed by atoms with Gasteiger partial charge >= 0.3 is 0 Å². The summed E-state index contributed by atoms with van der Waals surface area (Å²) in [7, 11) is 0. The van der Waals surface area contributed by atoms with Crippen LogP contribution in [-0.4, -0.2) is 18.3 Å². The van der Waals surface area contributed by atoms with Crippen LogP contribution >= 0.6 is 24.0 Å². The lowest BCUT2D eigenvalue weighted by molar-refractivity contribution is 0.268. The lowest BCUT2D eigenvalue weighted by Gasteiger charge is -2.11. The van der Waals surface area contributed by atoms with Crippen molar-refractivity contribution in [1.82, 2.24) is 0 Å². The first-order valence-corrected chi connectivity index (χ1v) is 4.22. The second-order valence-corrected chi connectivity index (χ2v) is 3.10. The largest absolute Gasteiger partial charge is 0.396 e. The summed E-state index contributed by atoms with van der Waals surface area (Å²) in [4.78, 5) is 0. The summed E-state index contributed by atoms with van der Waals surface area (Å²) in [6, 6.07) is 7.37. The van der Waals surface area contributed by atoms with Crippen molar-refractivity contribution >= 4 is 24.0 Å². The molecule has 0 aliphatic rings. The van der Waals surface area contributed by atoms with Gasteiger partial charge in [-0.1, -0.05) is 23.7 Å². The Balaban J connectivity index is 0.00000144. The summed E-state index contributed by atoms with van der Waals surface area (Å²) in [5.41, 5.74) is 6.49. The molecule has 0 radical (unpaired) electrons. The first-order valence-electron chi connectivity index (χ1n) is 3.84. The van der Waals surface area contributed by atoms with Crippen molar-refractivity contribution in [3.8, 4) is 0 Å². The fourth-order valence-corrected chi connectivity index (χ4v) is 1.18. The Hall–Kier alpha value is -0.280. The summed E-state index contributed by atoms with van der Waals surface area (Å²) in [5, 5.41) is 9.64. The smallest absolute Gasteiger partial charge is 0.0511 e. The van der Waals surface area contributed by atoms with E-state index in [1.807, 2.05) is 12.1 Å². The number of benzene rings is 1. The van der Waals surface area contributed by atoms with Crippen molar-refractivity contribution in [3.05, 3.63) is 34.9 Å². The van der Waals surface area contributed by atoms with Crippen molar-refractivity contribution in [2.75, 3.05) is 13.2 Å². The Morgan fingerprint density at radius 2 is 1.85 bits per heavy atom. The molecule has 13 heavy (non-hydrogen) atoms. The van der Waals surface area contributed by atoms with E-state index in [2.05, 4.69) is 0 Å². The third kappa shape index (κ3) is 3.53. The van der Waals surface area contributed by atoms with Gasteiger partial charge in [-0.3, -0.25) is 0 Å². The Kier molecular flexibility index (Phi) is 6.08. The maximum absolute atomic E-state index is 8.94. The number of halogens is 2. The predicted molar refractivity (Wildman–Crippen MR) is 57.6 cm³/mol. The van der Waals surface area contributed by atoms with E-state index in [4.69, 9.17) is 22.4 Å². The van der Waals surface area contributed by atoms with Crippen LogP contribution in [0.15, 0.2) is 24.3 Å². The van der Waals surface area contributed by atoms with Crippen molar-refractivity contribution in [2.45, 2.75) is 5.92 Å². The summed E-state index contributed by atoms with van der Waals surface area (Å²) in [5.74, 6) is 0.0299. The highest BCUT2D eigenvalue weighted by molar-refractivity contribution is 6.30. The summed E-state index contributed by atoms with van der Waals surface area (Å²) >= 11 is 5.71. The van der Waals surface area contributed by atoms with Crippen LogP contribution in [0.2, 0.25) is 5.02 Å². The van der Waals surface area contributed by atoms with Crippen molar-refractivity contribution in [1.29, 1.82) is 0 Å². The predicted octanol–water partition coefficient (Wildman–Crippen LogP) is 1.80. The fraction of sp³-hybridized carbons (Fsp3) is 0.333. The van der Waals surface area contributed by atoms with Crippen molar-refractivity contribution < 1.29 is 5.11 Å². The molecule has 0 aromatic heterocycles. The Bertz CT molecular complexity index is 234. The summed E-state index contributed by atoms with van der Waals surface area (Å²) < 4.78 is 0. The highest BCUT2D eigenvalue weighted by Gasteiger charge is 2.06. The second-order valence-electron chi connectivity index (χ2n) is 2.67. The van der Waals surface area contributed by atoms with Gasteiger partial charge in [-0.25, -0.2) is 0 Å². The Labute approximate surface area is 89.1 Å². The molecule has 1 atom stereocenters. The monoisotopic (exact) mass is 221 g/mol. The van der Waals surface area contributed by atoms with Crippen molar-refractivity contribution in [3.63, 3.8) is 0 Å². The molecule has 0 unspecified atom stereocenters. The number of hydrogen-bond donors (Lipinski definition) is 2. The molecule has 74 valence electrons. The topological polar surface area (TPSA) is 46.2 Å². The molecule has 0 fully saturated rings. The normalized spacial score (nSPS) is 11.9. The van der Waals surface area contributed by atoms with Gasteiger partial charge in [0.1, 0.15) is 0 Å². The molecular weight excluding hydrogens is 209 g/mol. The molecule has 1 aromatic rings. The number of aliphatic hydroxyl groups excluding tert-OH is 1. The molecule has 4 heteroatoms. The Morgan fingerprint density at radius 3 is 2.23 bits per heavy atom. The molecule has 0 amide bonds. The minimum absolute atomic E-state index is 0. The van der Waals surface area contributed by atoms with Gasteiger partial charge in [-0.2, -0.15) is 0 Å². The van der Waals surface area contributed by atoms with E-state index in [-0.39, 0.29) is 24.9 Å². The average Bonchev–Trinajstić information content (AvgIpc) is 2.10. The van der Waals surface area contributed by atoms with Gasteiger partial charge in [0.25, 0.3) is 0 Å². The lowest BCUT2D eigenvalue weighted by Crippen LogP contribution is -2.15. The maximum Gasteiger partial charge on any atom is 0.0511 e. The second kappa shape index (κ2) is 6.22. The van der Waals surface area contributed by atoms with Crippen LogP contribution in [0.5, 0.6) is 0 Å². The van der Waals surface area contributed by atoms with Gasteiger partial charge in [-0.05, 0) is 17.7 Å². The van der Waals surface area contributed by atoms with Crippen LogP contribution in [0.1, 0.15) is 11.5 Å². The van der Waals surface area contributed by atoms with Crippen LogP contribution in [0.3, 0.4) is 0 Å². The van der Waals surface area contributed by atoms with Crippen LogP contribution in [-0.2, 0) is 0 Å². The highest BCUT2D eigenvalue weighted by Crippen LogP contribution is 2.16. The first-order chi connectivity index (χ1) is 5.77. The van der Waals surface area contributed by atoms with Gasteiger partial charge < -0.3 is 10.8 Å². The first kappa shape index (κ1) is 12.7. The summed E-state index contributed by atoms with van der Waals surface area (Å²) in [6.07, 6.45) is 0. The number of rotatable bonds is 3. The molecule has 0 bridgehead atoms. The van der Waals surface area contributed by atoms with Crippen LogP contribution in [0, 0.1) is 0 Å². The number of nitrogens with two attached hydrogens (primary N) is 1. The van der Waals surface area contributed by atoms with E-state index in [0.717, 1.165) is 5.56 Å². The third-order valence-electron chi connectivity index (χ3n) is 1.85. The molecule has 0 spiro atoms. The van der Waals surface area contributed by atoms with Crippen molar-refractivity contribution in [2.24, 2.45) is 5.73 Å². The van der Waals surface area contributed by atoms with E-state index in [9.17, 15) is 0 Å². The molecular formula is C9H13Cl2NO. The van der Waals surface area contributed by atoms with Crippen LogP contribution in [0.4, 0.5) is 0 Å². The molecule has 0 aliphatic heterocycles. The van der Waals surface area contributed by atoms with E-state index in [1.54, 1.807) is 12.1 Å². The maximum atomic E-state index is 8.94. The molecule has 0 saturated carbocycles. The van der Waals surface area contributed by atoms with Crippen LogP contribution in [0.25, 0.3) is 0 Å². The van der Waals surface area contributed by atoms with E-state index >= 15 is 0 Å². The SMILES string of the molecule is Cl.NC[C@@H](CO)c1ccc(Cl)cc1. The molecule has 0 heterocycles. The molecule has 1 rings (SSSR count). The van der Waals surface area contributed by atoms with E-state index in [1.165, 1.54) is 0 Å². The van der Waals surface area contributed by atoms with Gasteiger partial charge in [0, 0.05) is 17.5 Å². The third-order valence-corrected chi connectivity index (χ3v) is 2.10. The molecule has 2 nitrogen and oxygen atoms in total. The minimum atomic E-state index is 0. The van der Waals surface area contributed by atoms with Gasteiger partial charge in [-0.15, -0.1) is 12.4 Å². The van der Waals surface area contributed by atoms with Gasteiger partial charge in [0.05, 0.1) is 6.61 Å². The summed E-state index contributed by atoms with van der Waals surface area (Å²) in [6.45, 7) is 0.538. The van der Waals surface area contributed by atoms with Gasteiger partial charge in [0.15, 0.2) is 0 Å². The molecule has 0 saturated heterocycles.